The molecule has 6 nitrogen and oxygen atoms in total. The maximum Gasteiger partial charge on any atom is 0.191 e. The third-order valence-electron chi connectivity index (χ3n) is 4.34. The second-order valence-electron chi connectivity index (χ2n) is 5.85. The van der Waals surface area contributed by atoms with Gasteiger partial charge in [-0.1, -0.05) is 0 Å². The minimum Gasteiger partial charge on any atom is -0.381 e. The minimum absolute atomic E-state index is 0. The molecule has 1 fully saturated rings. The van der Waals surface area contributed by atoms with Crippen LogP contribution in [0, 0.1) is 13.8 Å². The van der Waals surface area contributed by atoms with Crippen molar-refractivity contribution in [2.75, 3.05) is 40.5 Å². The third kappa shape index (κ3) is 6.12. The summed E-state index contributed by atoms with van der Waals surface area (Å²) in [6.07, 6.45) is 2.72. The van der Waals surface area contributed by atoms with Crippen molar-refractivity contribution in [3.05, 3.63) is 15.6 Å². The molecule has 2 N–H and O–H groups in total. The zero-order valence-corrected chi connectivity index (χ0v) is 18.1. The number of aryl methyl sites for hydroxylation is 2. The van der Waals surface area contributed by atoms with Gasteiger partial charge >= 0.3 is 0 Å². The van der Waals surface area contributed by atoms with Crippen LogP contribution in [0.2, 0.25) is 0 Å². The summed E-state index contributed by atoms with van der Waals surface area (Å²) in [5.41, 5.74) is 0.980. The summed E-state index contributed by atoms with van der Waals surface area (Å²) in [5, 5.41) is 7.89. The molecule has 0 bridgehead atoms. The van der Waals surface area contributed by atoms with Gasteiger partial charge in [-0.15, -0.1) is 35.3 Å². The highest BCUT2D eigenvalue weighted by atomic mass is 127. The molecular formula is C16H29IN4O2S. The molecular weight excluding hydrogens is 439 g/mol. The van der Waals surface area contributed by atoms with Crippen LogP contribution in [0.15, 0.2) is 4.99 Å². The molecule has 1 aromatic heterocycles. The highest BCUT2D eigenvalue weighted by Gasteiger charge is 2.32. The number of aliphatic imine (C=N–C) groups is 1. The molecule has 0 amide bonds. The average Bonchev–Trinajstić information content (AvgIpc) is 2.89. The second-order valence-corrected chi connectivity index (χ2v) is 7.14. The fraction of sp³-hybridized carbons (Fsp3) is 0.750. The molecule has 8 heteroatoms. The molecule has 0 aromatic carbocycles. The van der Waals surface area contributed by atoms with Crippen molar-refractivity contribution in [1.29, 1.82) is 0 Å². The first-order chi connectivity index (χ1) is 11.1. The number of halogens is 1. The van der Waals surface area contributed by atoms with Gasteiger partial charge in [-0.25, -0.2) is 4.98 Å². The van der Waals surface area contributed by atoms with Gasteiger partial charge in [0, 0.05) is 64.6 Å². The molecule has 1 aliphatic heterocycles. The van der Waals surface area contributed by atoms with Crippen LogP contribution in [0.1, 0.15) is 28.4 Å². The van der Waals surface area contributed by atoms with Crippen LogP contribution in [0.4, 0.5) is 0 Å². The Morgan fingerprint density at radius 1 is 1.33 bits per heavy atom. The van der Waals surface area contributed by atoms with E-state index in [1.54, 1.807) is 25.5 Å². The highest BCUT2D eigenvalue weighted by molar-refractivity contribution is 14.0. The largest absolute Gasteiger partial charge is 0.381 e. The maximum atomic E-state index is 5.73. The van der Waals surface area contributed by atoms with E-state index in [0.29, 0.717) is 0 Å². The van der Waals surface area contributed by atoms with Crippen LogP contribution in [-0.4, -0.2) is 57.0 Å². The normalized spacial score (nSPS) is 17.2. The Hall–Kier alpha value is -0.450. The lowest BCUT2D eigenvalue weighted by Gasteiger charge is -2.36. The Labute approximate surface area is 165 Å². The van der Waals surface area contributed by atoms with E-state index in [2.05, 4.69) is 34.5 Å². The highest BCUT2D eigenvalue weighted by Crippen LogP contribution is 2.23. The molecule has 0 spiro atoms. The van der Waals surface area contributed by atoms with Crippen LogP contribution in [-0.2, 0) is 15.9 Å². The summed E-state index contributed by atoms with van der Waals surface area (Å²) < 4.78 is 11.2. The number of hydrogen-bond donors (Lipinski definition) is 2. The van der Waals surface area contributed by atoms with Crippen LogP contribution >= 0.6 is 35.3 Å². The van der Waals surface area contributed by atoms with E-state index in [1.807, 2.05) is 0 Å². The van der Waals surface area contributed by atoms with Gasteiger partial charge in [-0.2, -0.15) is 0 Å². The second kappa shape index (κ2) is 10.5. The number of rotatable bonds is 6. The van der Waals surface area contributed by atoms with E-state index in [1.165, 1.54) is 9.88 Å². The van der Waals surface area contributed by atoms with Crippen molar-refractivity contribution < 1.29 is 9.47 Å². The lowest BCUT2D eigenvalue weighted by molar-refractivity contribution is -0.0855. The monoisotopic (exact) mass is 468 g/mol. The molecule has 2 heterocycles. The van der Waals surface area contributed by atoms with E-state index in [0.717, 1.165) is 57.2 Å². The van der Waals surface area contributed by atoms with Gasteiger partial charge < -0.3 is 20.1 Å². The SMILES string of the molecule is CN=C(NCCc1nc(C)c(C)s1)NCC1(OC)CCOCC1.I. The van der Waals surface area contributed by atoms with Gasteiger partial charge in [0.15, 0.2) is 5.96 Å². The molecule has 1 aliphatic rings. The van der Waals surface area contributed by atoms with Crippen LogP contribution in [0.5, 0.6) is 0 Å². The molecule has 2 rings (SSSR count). The first-order valence-electron chi connectivity index (χ1n) is 8.09. The number of aromatic nitrogens is 1. The van der Waals surface area contributed by atoms with Crippen molar-refractivity contribution in [2.24, 2.45) is 4.99 Å². The molecule has 0 aliphatic carbocycles. The van der Waals surface area contributed by atoms with E-state index in [-0.39, 0.29) is 29.6 Å². The van der Waals surface area contributed by atoms with Gasteiger partial charge in [-0.05, 0) is 13.8 Å². The van der Waals surface area contributed by atoms with Crippen LogP contribution < -0.4 is 10.6 Å². The van der Waals surface area contributed by atoms with Crippen molar-refractivity contribution in [1.82, 2.24) is 15.6 Å². The number of hydrogen-bond acceptors (Lipinski definition) is 5. The van der Waals surface area contributed by atoms with E-state index >= 15 is 0 Å². The number of thiazole rings is 1. The molecule has 24 heavy (non-hydrogen) atoms. The molecule has 0 radical (unpaired) electrons. The van der Waals surface area contributed by atoms with Crippen molar-refractivity contribution in [3.8, 4) is 0 Å². The maximum absolute atomic E-state index is 5.73. The Morgan fingerprint density at radius 2 is 2.04 bits per heavy atom. The standard InChI is InChI=1S/C16H28N4O2S.HI/c1-12-13(2)23-14(20-12)5-8-18-15(17-3)19-11-16(21-4)6-9-22-10-7-16;/h5-11H2,1-4H3,(H2,17,18,19);1H. The Bertz CT molecular complexity index is 511. The first kappa shape index (κ1) is 21.6. The average molecular weight is 468 g/mol. The summed E-state index contributed by atoms with van der Waals surface area (Å²) >= 11 is 1.77. The van der Waals surface area contributed by atoms with Crippen LogP contribution in [0.25, 0.3) is 0 Å². The third-order valence-corrected chi connectivity index (χ3v) is 5.48. The van der Waals surface area contributed by atoms with E-state index in [4.69, 9.17) is 9.47 Å². The molecule has 1 aromatic rings. The quantitative estimate of drug-likeness (QED) is 0.381. The topological polar surface area (TPSA) is 67.8 Å². The number of ether oxygens (including phenoxy) is 2. The van der Waals surface area contributed by atoms with Crippen molar-refractivity contribution >= 4 is 41.3 Å². The molecule has 1 saturated heterocycles. The lowest BCUT2D eigenvalue weighted by atomic mass is 9.94. The summed E-state index contributed by atoms with van der Waals surface area (Å²) in [7, 11) is 3.56. The van der Waals surface area contributed by atoms with Crippen molar-refractivity contribution in [3.63, 3.8) is 0 Å². The molecule has 0 unspecified atom stereocenters. The number of methoxy groups -OCH3 is 1. The van der Waals surface area contributed by atoms with E-state index < -0.39 is 0 Å². The first-order valence-corrected chi connectivity index (χ1v) is 8.90. The molecule has 138 valence electrons. The minimum atomic E-state index is -0.153. The van der Waals surface area contributed by atoms with E-state index in [9.17, 15) is 0 Å². The summed E-state index contributed by atoms with van der Waals surface area (Å²) in [6, 6.07) is 0. The summed E-state index contributed by atoms with van der Waals surface area (Å²) in [4.78, 5) is 10.1. The van der Waals surface area contributed by atoms with Gasteiger partial charge in [0.1, 0.15) is 0 Å². The fourth-order valence-electron chi connectivity index (χ4n) is 2.60. The Morgan fingerprint density at radius 3 is 2.58 bits per heavy atom. The predicted molar refractivity (Wildman–Crippen MR) is 110 cm³/mol. The molecule has 0 saturated carbocycles. The van der Waals surface area contributed by atoms with Crippen LogP contribution in [0.3, 0.4) is 0 Å². The zero-order valence-electron chi connectivity index (χ0n) is 15.0. The Kier molecular flexibility index (Phi) is 9.47. The van der Waals surface area contributed by atoms with Crippen molar-refractivity contribution in [2.45, 2.75) is 38.7 Å². The fourth-order valence-corrected chi connectivity index (χ4v) is 3.53. The number of nitrogens with zero attached hydrogens (tertiary/aromatic N) is 2. The van der Waals surface area contributed by atoms with Gasteiger partial charge in [0.25, 0.3) is 0 Å². The van der Waals surface area contributed by atoms with Gasteiger partial charge in [-0.3, -0.25) is 4.99 Å². The summed E-state index contributed by atoms with van der Waals surface area (Å²) in [6.45, 7) is 7.23. The zero-order chi connectivity index (χ0) is 16.7. The molecule has 0 atom stereocenters. The lowest BCUT2D eigenvalue weighted by Crippen LogP contribution is -2.51. The number of guanidine groups is 1. The predicted octanol–water partition coefficient (Wildman–Crippen LogP) is 2.28. The Balaban J connectivity index is 0.00000288. The number of nitrogens with one attached hydrogen (secondary N) is 2. The van der Waals surface area contributed by atoms with Gasteiger partial charge in [0.2, 0.25) is 0 Å². The summed E-state index contributed by atoms with van der Waals surface area (Å²) in [5.74, 6) is 0.804. The smallest absolute Gasteiger partial charge is 0.191 e. The van der Waals surface area contributed by atoms with Gasteiger partial charge in [0.05, 0.1) is 16.3 Å².